The smallest absolute Gasteiger partial charge is 0.253 e. The maximum absolute atomic E-state index is 13.5. The number of carbonyl (C=O) groups excluding carboxylic acids is 2. The standard InChI is InChI=1S/C21H19Cl2N3O2/c1-12-3-8-15(11-16(12)23)26-20(27)17-18(13-4-6-14(22)7-5-13)24-9-2-10-25(24)19(17)21(26)28/h3-8,11,17-19H,2,9-10H2,1H3. The third-order valence-corrected chi connectivity index (χ3v) is 6.69. The highest BCUT2D eigenvalue weighted by Gasteiger charge is 2.62. The van der Waals surface area contributed by atoms with E-state index >= 15 is 0 Å². The molecule has 0 aliphatic carbocycles. The Morgan fingerprint density at radius 2 is 1.57 bits per heavy atom. The molecule has 3 unspecified atom stereocenters. The number of hydrogen-bond acceptors (Lipinski definition) is 4. The summed E-state index contributed by atoms with van der Waals surface area (Å²) in [6.45, 7) is 3.52. The number of benzene rings is 2. The van der Waals surface area contributed by atoms with Gasteiger partial charge in [-0.1, -0.05) is 41.4 Å². The molecule has 0 saturated carbocycles. The normalized spacial score (nSPS) is 27.5. The second-order valence-corrected chi connectivity index (χ2v) is 8.44. The highest BCUT2D eigenvalue weighted by Crippen LogP contribution is 2.49. The topological polar surface area (TPSA) is 43.9 Å². The molecule has 3 fully saturated rings. The lowest BCUT2D eigenvalue weighted by molar-refractivity contribution is -0.126. The lowest BCUT2D eigenvalue weighted by Gasteiger charge is -2.29. The summed E-state index contributed by atoms with van der Waals surface area (Å²) in [6, 6.07) is 12.3. The van der Waals surface area contributed by atoms with Crippen molar-refractivity contribution in [3.8, 4) is 0 Å². The number of amides is 2. The van der Waals surface area contributed by atoms with Gasteiger partial charge < -0.3 is 0 Å². The number of aryl methyl sites for hydroxylation is 1. The molecule has 0 bridgehead atoms. The van der Waals surface area contributed by atoms with Crippen molar-refractivity contribution in [2.75, 3.05) is 18.0 Å². The van der Waals surface area contributed by atoms with Gasteiger partial charge in [-0.2, -0.15) is 0 Å². The van der Waals surface area contributed by atoms with Crippen LogP contribution in [0.4, 0.5) is 5.69 Å². The molecule has 144 valence electrons. The molecular formula is C21H19Cl2N3O2. The number of rotatable bonds is 2. The van der Waals surface area contributed by atoms with E-state index in [4.69, 9.17) is 23.2 Å². The van der Waals surface area contributed by atoms with Gasteiger partial charge in [0.15, 0.2) is 0 Å². The molecule has 3 atom stereocenters. The molecule has 5 nitrogen and oxygen atoms in total. The van der Waals surface area contributed by atoms with E-state index in [-0.39, 0.29) is 17.9 Å². The maximum Gasteiger partial charge on any atom is 0.253 e. The third kappa shape index (κ3) is 2.54. The fourth-order valence-electron chi connectivity index (χ4n) is 4.75. The van der Waals surface area contributed by atoms with Crippen molar-refractivity contribution in [1.29, 1.82) is 0 Å². The van der Waals surface area contributed by atoms with Crippen LogP contribution in [0, 0.1) is 12.8 Å². The summed E-state index contributed by atoms with van der Waals surface area (Å²) in [5.74, 6) is -0.767. The van der Waals surface area contributed by atoms with Gasteiger partial charge in [0.05, 0.1) is 17.6 Å². The van der Waals surface area contributed by atoms with Crippen LogP contribution in [0.1, 0.15) is 23.6 Å². The lowest BCUT2D eigenvalue weighted by atomic mass is 9.90. The molecule has 0 radical (unpaired) electrons. The minimum absolute atomic E-state index is 0.160. The Morgan fingerprint density at radius 3 is 2.25 bits per heavy atom. The van der Waals surface area contributed by atoms with Crippen LogP contribution in [-0.2, 0) is 9.59 Å². The van der Waals surface area contributed by atoms with Crippen LogP contribution in [-0.4, -0.2) is 41.0 Å². The summed E-state index contributed by atoms with van der Waals surface area (Å²) < 4.78 is 0. The van der Waals surface area contributed by atoms with Crippen molar-refractivity contribution in [1.82, 2.24) is 10.0 Å². The Kier molecular flexibility index (Phi) is 4.25. The van der Waals surface area contributed by atoms with Crippen LogP contribution < -0.4 is 4.90 Å². The summed E-state index contributed by atoms with van der Waals surface area (Å²) in [6.07, 6.45) is 0.977. The van der Waals surface area contributed by atoms with Gasteiger partial charge in [-0.3, -0.25) is 9.59 Å². The van der Waals surface area contributed by atoms with Gasteiger partial charge in [0.25, 0.3) is 5.91 Å². The molecule has 5 rings (SSSR count). The molecule has 0 N–H and O–H groups in total. The predicted molar refractivity (Wildman–Crippen MR) is 108 cm³/mol. The van der Waals surface area contributed by atoms with Crippen molar-refractivity contribution in [2.45, 2.75) is 25.4 Å². The van der Waals surface area contributed by atoms with Crippen LogP contribution >= 0.6 is 23.2 Å². The molecule has 28 heavy (non-hydrogen) atoms. The summed E-state index contributed by atoms with van der Waals surface area (Å²) in [5.41, 5.74) is 2.46. The second kappa shape index (κ2) is 6.56. The Hall–Kier alpha value is -1.92. The SMILES string of the molecule is Cc1ccc(N2C(=O)C3C(C2=O)N2CCCN2C3c2ccc(Cl)cc2)cc1Cl. The van der Waals surface area contributed by atoms with Gasteiger partial charge >= 0.3 is 0 Å². The Bertz CT molecular complexity index is 978. The quantitative estimate of drug-likeness (QED) is 0.698. The Labute approximate surface area is 173 Å². The first-order valence-corrected chi connectivity index (χ1v) is 10.2. The van der Waals surface area contributed by atoms with Crippen LogP contribution in [0.2, 0.25) is 10.0 Å². The van der Waals surface area contributed by atoms with Crippen molar-refractivity contribution < 1.29 is 9.59 Å². The lowest BCUT2D eigenvalue weighted by Crippen LogP contribution is -2.44. The van der Waals surface area contributed by atoms with E-state index in [1.807, 2.05) is 37.3 Å². The van der Waals surface area contributed by atoms with E-state index in [1.54, 1.807) is 12.1 Å². The molecule has 3 saturated heterocycles. The van der Waals surface area contributed by atoms with Crippen molar-refractivity contribution in [3.05, 3.63) is 63.6 Å². The Balaban J connectivity index is 1.58. The fraction of sp³-hybridized carbons (Fsp3) is 0.333. The van der Waals surface area contributed by atoms with E-state index in [9.17, 15) is 9.59 Å². The van der Waals surface area contributed by atoms with Gasteiger partial charge in [-0.05, 0) is 48.7 Å². The first-order valence-electron chi connectivity index (χ1n) is 9.40. The molecule has 0 aromatic heterocycles. The van der Waals surface area contributed by atoms with Gasteiger partial charge in [-0.25, -0.2) is 14.9 Å². The van der Waals surface area contributed by atoms with E-state index < -0.39 is 12.0 Å². The first kappa shape index (κ1) is 18.1. The molecule has 3 aliphatic heterocycles. The van der Waals surface area contributed by atoms with Crippen molar-refractivity contribution in [3.63, 3.8) is 0 Å². The molecule has 2 amide bonds. The minimum atomic E-state index is -0.462. The van der Waals surface area contributed by atoms with E-state index in [0.717, 1.165) is 30.6 Å². The molecular weight excluding hydrogens is 397 g/mol. The fourth-order valence-corrected chi connectivity index (χ4v) is 5.05. The van der Waals surface area contributed by atoms with E-state index in [0.29, 0.717) is 15.7 Å². The zero-order valence-electron chi connectivity index (χ0n) is 15.3. The first-order chi connectivity index (χ1) is 13.5. The van der Waals surface area contributed by atoms with Gasteiger partial charge in [0.1, 0.15) is 6.04 Å². The number of nitrogens with zero attached hydrogens (tertiary/aromatic N) is 3. The zero-order valence-corrected chi connectivity index (χ0v) is 16.8. The van der Waals surface area contributed by atoms with Crippen LogP contribution in [0.15, 0.2) is 42.5 Å². The molecule has 2 aromatic rings. The highest BCUT2D eigenvalue weighted by atomic mass is 35.5. The monoisotopic (exact) mass is 415 g/mol. The minimum Gasteiger partial charge on any atom is -0.274 e. The summed E-state index contributed by atoms with van der Waals surface area (Å²) in [4.78, 5) is 28.1. The number of fused-ring (bicyclic) bond motifs is 3. The van der Waals surface area contributed by atoms with Gasteiger partial charge in [0, 0.05) is 23.1 Å². The Morgan fingerprint density at radius 1 is 0.893 bits per heavy atom. The van der Waals surface area contributed by atoms with Crippen molar-refractivity contribution in [2.24, 2.45) is 5.92 Å². The van der Waals surface area contributed by atoms with Crippen molar-refractivity contribution >= 4 is 40.7 Å². The van der Waals surface area contributed by atoms with Gasteiger partial charge in [-0.15, -0.1) is 0 Å². The predicted octanol–water partition coefficient (Wildman–Crippen LogP) is 3.84. The number of halogens is 2. The summed E-state index contributed by atoms with van der Waals surface area (Å²) in [7, 11) is 0. The van der Waals surface area contributed by atoms with E-state index in [2.05, 4.69) is 10.0 Å². The third-order valence-electron chi connectivity index (χ3n) is 6.03. The molecule has 3 aliphatic rings. The average Bonchev–Trinajstić information content (AvgIpc) is 3.31. The van der Waals surface area contributed by atoms with Crippen LogP contribution in [0.5, 0.6) is 0 Å². The summed E-state index contributed by atoms with van der Waals surface area (Å²) >= 11 is 12.3. The number of imide groups is 1. The van der Waals surface area contributed by atoms with E-state index in [1.165, 1.54) is 4.90 Å². The maximum atomic E-state index is 13.5. The summed E-state index contributed by atoms with van der Waals surface area (Å²) in [5, 5.41) is 5.47. The van der Waals surface area contributed by atoms with Crippen LogP contribution in [0.3, 0.4) is 0 Å². The van der Waals surface area contributed by atoms with Gasteiger partial charge in [0.2, 0.25) is 5.91 Å². The van der Waals surface area contributed by atoms with Crippen LogP contribution in [0.25, 0.3) is 0 Å². The molecule has 2 aromatic carbocycles. The second-order valence-electron chi connectivity index (χ2n) is 7.59. The number of carbonyl (C=O) groups is 2. The number of hydrogen-bond donors (Lipinski definition) is 0. The molecule has 3 heterocycles. The average molecular weight is 416 g/mol. The molecule has 0 spiro atoms. The largest absolute Gasteiger partial charge is 0.274 e. The highest BCUT2D eigenvalue weighted by molar-refractivity contribution is 6.32. The number of anilines is 1. The molecule has 7 heteroatoms. The number of hydrazine groups is 1. The zero-order chi connectivity index (χ0) is 19.6.